The average molecular weight is 347 g/mol. The summed E-state index contributed by atoms with van der Waals surface area (Å²) in [7, 11) is 3.33. The highest BCUT2D eigenvalue weighted by Crippen LogP contribution is 2.22. The van der Waals surface area contributed by atoms with Crippen LogP contribution in [-0.4, -0.2) is 74.5 Å². The van der Waals surface area contributed by atoms with Gasteiger partial charge in [0, 0.05) is 46.1 Å². The molecule has 7 nitrogen and oxygen atoms in total. The molecule has 7 heteroatoms. The Labute approximate surface area is 148 Å². The normalized spacial score (nSPS) is 14.9. The largest absolute Gasteiger partial charge is 0.465 e. The van der Waals surface area contributed by atoms with E-state index in [0.29, 0.717) is 24.3 Å². The zero-order chi connectivity index (χ0) is 18.4. The summed E-state index contributed by atoms with van der Waals surface area (Å²) in [5.74, 6) is -0.704. The lowest BCUT2D eigenvalue weighted by atomic mass is 10.1. The van der Waals surface area contributed by atoms with E-state index in [1.165, 1.54) is 18.9 Å². The van der Waals surface area contributed by atoms with Crippen LogP contribution in [0.25, 0.3) is 0 Å². The molecule has 0 saturated carbocycles. The van der Waals surface area contributed by atoms with Crippen LogP contribution in [0.5, 0.6) is 0 Å². The monoisotopic (exact) mass is 347 g/mol. The van der Waals surface area contributed by atoms with Crippen molar-refractivity contribution in [3.63, 3.8) is 0 Å². The van der Waals surface area contributed by atoms with Crippen LogP contribution in [0.1, 0.15) is 23.7 Å². The number of carbonyl (C=O) groups is 3. The number of nitrogens with zero attached hydrogens (tertiary/aromatic N) is 3. The molecule has 25 heavy (non-hydrogen) atoms. The Morgan fingerprint density at radius 3 is 2.36 bits per heavy atom. The summed E-state index contributed by atoms with van der Waals surface area (Å²) in [5, 5.41) is 0. The van der Waals surface area contributed by atoms with E-state index in [1.54, 1.807) is 24.3 Å². The first-order valence-electron chi connectivity index (χ1n) is 8.35. The Morgan fingerprint density at radius 2 is 1.76 bits per heavy atom. The molecule has 0 atom stereocenters. The first-order valence-corrected chi connectivity index (χ1v) is 8.35. The molecule has 1 aliphatic rings. The molecule has 0 unspecified atom stereocenters. The molecular formula is C18H25N3O4. The maximum atomic E-state index is 12.4. The molecule has 136 valence electrons. The molecule has 1 aliphatic heterocycles. The van der Waals surface area contributed by atoms with Gasteiger partial charge in [-0.15, -0.1) is 0 Å². The van der Waals surface area contributed by atoms with Crippen molar-refractivity contribution in [3.8, 4) is 0 Å². The first kappa shape index (κ1) is 18.9. The molecule has 1 aromatic carbocycles. The summed E-state index contributed by atoms with van der Waals surface area (Å²) in [6.07, 6.45) is 0.221. The van der Waals surface area contributed by atoms with Gasteiger partial charge in [0.25, 0.3) is 0 Å². The minimum Gasteiger partial charge on any atom is -0.465 e. The van der Waals surface area contributed by atoms with Crippen LogP contribution < -0.4 is 4.90 Å². The van der Waals surface area contributed by atoms with Crippen molar-refractivity contribution >= 4 is 23.5 Å². The lowest BCUT2D eigenvalue weighted by Gasteiger charge is -2.33. The fourth-order valence-electron chi connectivity index (χ4n) is 2.86. The van der Waals surface area contributed by atoms with Crippen molar-refractivity contribution in [1.29, 1.82) is 0 Å². The van der Waals surface area contributed by atoms with Crippen molar-refractivity contribution in [2.75, 3.05) is 51.8 Å². The summed E-state index contributed by atoms with van der Waals surface area (Å²) < 4.78 is 4.78. The lowest BCUT2D eigenvalue weighted by Crippen LogP contribution is -2.48. The second-order valence-corrected chi connectivity index (χ2v) is 6.11. The lowest BCUT2D eigenvalue weighted by molar-refractivity contribution is -0.132. The number of para-hydroxylation sites is 1. The Hall–Kier alpha value is -2.41. The van der Waals surface area contributed by atoms with Crippen LogP contribution in [0, 0.1) is 0 Å². The number of hydrogen-bond donors (Lipinski definition) is 0. The van der Waals surface area contributed by atoms with Crippen molar-refractivity contribution in [2.45, 2.75) is 13.3 Å². The van der Waals surface area contributed by atoms with E-state index < -0.39 is 5.97 Å². The van der Waals surface area contributed by atoms with Crippen molar-refractivity contribution < 1.29 is 19.1 Å². The molecule has 0 bridgehead atoms. The maximum absolute atomic E-state index is 12.4. The highest BCUT2D eigenvalue weighted by Gasteiger charge is 2.23. The number of methoxy groups -OCH3 is 1. The zero-order valence-electron chi connectivity index (χ0n) is 15.0. The van der Waals surface area contributed by atoms with Gasteiger partial charge in [0.2, 0.25) is 11.8 Å². The van der Waals surface area contributed by atoms with Gasteiger partial charge in [0.1, 0.15) is 0 Å². The second-order valence-electron chi connectivity index (χ2n) is 6.11. The molecule has 1 fully saturated rings. The fourth-order valence-corrected chi connectivity index (χ4v) is 2.86. The molecule has 0 radical (unpaired) electrons. The van der Waals surface area contributed by atoms with Crippen LogP contribution in [0.15, 0.2) is 24.3 Å². The van der Waals surface area contributed by atoms with Crippen molar-refractivity contribution in [1.82, 2.24) is 9.80 Å². The third-order valence-electron chi connectivity index (χ3n) is 4.39. The fraction of sp³-hybridized carbons (Fsp3) is 0.500. The molecule has 1 heterocycles. The third-order valence-corrected chi connectivity index (χ3v) is 4.39. The van der Waals surface area contributed by atoms with Crippen LogP contribution in [0.2, 0.25) is 0 Å². The SMILES string of the molecule is COC(=O)c1ccccc1N(CCC(=O)N1CCN(C)CC1)C(C)=O. The second kappa shape index (κ2) is 8.62. The minimum atomic E-state index is -0.507. The number of rotatable bonds is 5. The van der Waals surface area contributed by atoms with Gasteiger partial charge >= 0.3 is 5.97 Å². The zero-order valence-corrected chi connectivity index (χ0v) is 15.0. The molecule has 2 amide bonds. The summed E-state index contributed by atoms with van der Waals surface area (Å²) in [5.41, 5.74) is 0.778. The van der Waals surface area contributed by atoms with E-state index in [1.807, 2.05) is 11.9 Å². The molecule has 1 aromatic rings. The van der Waals surface area contributed by atoms with Crippen LogP contribution in [0.4, 0.5) is 5.69 Å². The topological polar surface area (TPSA) is 70.2 Å². The number of piperazine rings is 1. The Morgan fingerprint density at radius 1 is 1.12 bits per heavy atom. The van der Waals surface area contributed by atoms with Gasteiger partial charge in [-0.05, 0) is 19.2 Å². The maximum Gasteiger partial charge on any atom is 0.339 e. The van der Waals surface area contributed by atoms with Crippen LogP contribution in [0.3, 0.4) is 0 Å². The average Bonchev–Trinajstić information content (AvgIpc) is 2.61. The summed E-state index contributed by atoms with van der Waals surface area (Å²) in [6, 6.07) is 6.76. The molecular weight excluding hydrogens is 322 g/mol. The molecule has 0 spiro atoms. The van der Waals surface area contributed by atoms with E-state index >= 15 is 0 Å². The van der Waals surface area contributed by atoms with Crippen molar-refractivity contribution in [2.24, 2.45) is 0 Å². The van der Waals surface area contributed by atoms with E-state index in [-0.39, 0.29) is 24.8 Å². The number of hydrogen-bond acceptors (Lipinski definition) is 5. The Kier molecular flexibility index (Phi) is 6.52. The highest BCUT2D eigenvalue weighted by atomic mass is 16.5. The summed E-state index contributed by atoms with van der Waals surface area (Å²) >= 11 is 0. The number of benzene rings is 1. The number of esters is 1. The quantitative estimate of drug-likeness (QED) is 0.743. The summed E-state index contributed by atoms with van der Waals surface area (Å²) in [4.78, 5) is 41.9. The van der Waals surface area contributed by atoms with E-state index in [4.69, 9.17) is 4.74 Å². The Balaban J connectivity index is 2.08. The van der Waals surface area contributed by atoms with Gasteiger partial charge in [0.15, 0.2) is 0 Å². The van der Waals surface area contributed by atoms with E-state index in [2.05, 4.69) is 4.90 Å². The first-order chi connectivity index (χ1) is 11.9. The van der Waals surface area contributed by atoms with Gasteiger partial charge in [-0.25, -0.2) is 4.79 Å². The number of ether oxygens (including phenoxy) is 1. The summed E-state index contributed by atoms with van der Waals surface area (Å²) in [6.45, 7) is 4.77. The molecule has 0 aromatic heterocycles. The van der Waals surface area contributed by atoms with Crippen LogP contribution in [-0.2, 0) is 14.3 Å². The van der Waals surface area contributed by atoms with Crippen LogP contribution >= 0.6 is 0 Å². The number of carbonyl (C=O) groups excluding carboxylic acids is 3. The van der Waals surface area contributed by atoms with E-state index in [9.17, 15) is 14.4 Å². The third kappa shape index (κ3) is 4.79. The highest BCUT2D eigenvalue weighted by molar-refractivity contribution is 6.02. The number of anilines is 1. The van der Waals surface area contributed by atoms with Gasteiger partial charge < -0.3 is 19.4 Å². The standard InChI is InChI=1S/C18H25N3O4/c1-14(22)21(16-7-5-4-6-15(16)18(24)25-3)9-8-17(23)20-12-10-19(2)11-13-20/h4-7H,8-13H2,1-3H3. The van der Waals surface area contributed by atoms with Gasteiger partial charge in [-0.1, -0.05) is 12.1 Å². The Bertz CT molecular complexity index is 639. The number of likely N-dealkylation sites (N-methyl/N-ethyl adjacent to an activating group) is 1. The molecule has 1 saturated heterocycles. The van der Waals surface area contributed by atoms with Crippen molar-refractivity contribution in [3.05, 3.63) is 29.8 Å². The molecule has 0 N–H and O–H groups in total. The molecule has 0 aliphatic carbocycles. The predicted molar refractivity (Wildman–Crippen MR) is 94.5 cm³/mol. The molecule has 2 rings (SSSR count). The predicted octanol–water partition coefficient (Wildman–Crippen LogP) is 0.990. The van der Waals surface area contributed by atoms with Gasteiger partial charge in [0.05, 0.1) is 18.4 Å². The van der Waals surface area contributed by atoms with Gasteiger partial charge in [-0.3, -0.25) is 9.59 Å². The van der Waals surface area contributed by atoms with E-state index in [0.717, 1.165) is 13.1 Å². The number of amides is 2. The minimum absolute atomic E-state index is 0.0231. The smallest absolute Gasteiger partial charge is 0.339 e. The van der Waals surface area contributed by atoms with Gasteiger partial charge in [-0.2, -0.15) is 0 Å².